The summed E-state index contributed by atoms with van der Waals surface area (Å²) < 4.78 is 0. The molecule has 1 fully saturated rings. The van der Waals surface area contributed by atoms with Crippen molar-refractivity contribution in [1.82, 2.24) is 20.4 Å². The van der Waals surface area contributed by atoms with E-state index in [1.807, 2.05) is 20.8 Å². The van der Waals surface area contributed by atoms with Gasteiger partial charge in [-0.25, -0.2) is 0 Å². The third-order valence-corrected chi connectivity index (χ3v) is 3.53. The summed E-state index contributed by atoms with van der Waals surface area (Å²) in [5.41, 5.74) is 0.929. The van der Waals surface area contributed by atoms with Crippen molar-refractivity contribution in [2.24, 2.45) is 5.92 Å². The van der Waals surface area contributed by atoms with Gasteiger partial charge in [-0.1, -0.05) is 0 Å². The van der Waals surface area contributed by atoms with Crippen LogP contribution in [0.4, 0.5) is 0 Å². The van der Waals surface area contributed by atoms with Crippen molar-refractivity contribution >= 4 is 11.8 Å². The molecule has 1 aliphatic heterocycles. The molecular weight excluding hydrogens is 244 g/mol. The van der Waals surface area contributed by atoms with E-state index in [9.17, 15) is 9.59 Å². The number of hydrogen-bond donors (Lipinski definition) is 2. The fourth-order valence-electron chi connectivity index (χ4n) is 2.32. The van der Waals surface area contributed by atoms with Crippen molar-refractivity contribution in [3.8, 4) is 0 Å². The fraction of sp³-hybridized carbons (Fsp3) is 0.615. The Kier molecular flexibility index (Phi) is 3.87. The Balaban J connectivity index is 1.93. The van der Waals surface area contributed by atoms with E-state index in [1.165, 1.54) is 0 Å². The lowest BCUT2D eigenvalue weighted by Gasteiger charge is -2.21. The van der Waals surface area contributed by atoms with Crippen LogP contribution in [0.5, 0.6) is 0 Å². The van der Waals surface area contributed by atoms with Gasteiger partial charge < -0.3 is 10.2 Å². The summed E-state index contributed by atoms with van der Waals surface area (Å²) in [7, 11) is 0. The Morgan fingerprint density at radius 3 is 2.79 bits per heavy atom. The first-order valence-corrected chi connectivity index (χ1v) is 6.57. The molecule has 1 aliphatic rings. The second-order valence-electron chi connectivity index (χ2n) is 5.30. The number of carbonyl (C=O) groups excluding carboxylic acids is 2. The predicted molar refractivity (Wildman–Crippen MR) is 70.1 cm³/mol. The van der Waals surface area contributed by atoms with Gasteiger partial charge in [-0.05, 0) is 20.8 Å². The van der Waals surface area contributed by atoms with Gasteiger partial charge in [0, 0.05) is 30.8 Å². The lowest BCUT2D eigenvalue weighted by molar-refractivity contribution is -0.130. The summed E-state index contributed by atoms with van der Waals surface area (Å²) in [4.78, 5) is 25.7. The minimum Gasteiger partial charge on any atom is -0.349 e. The third kappa shape index (κ3) is 2.94. The van der Waals surface area contributed by atoms with Gasteiger partial charge in [-0.2, -0.15) is 5.10 Å². The van der Waals surface area contributed by atoms with E-state index in [4.69, 9.17) is 0 Å². The molecule has 2 amide bonds. The van der Waals surface area contributed by atoms with Gasteiger partial charge in [0.25, 0.3) is 0 Å². The standard InChI is InChI=1S/C13H20N4O2/c1-8(2)17-7-10(4-12(17)18)13(19)16-9(3)11-5-14-15-6-11/h5-6,8-10H,4,7H2,1-3H3,(H,14,15)(H,16,19). The Bertz CT molecular complexity index is 455. The molecule has 0 spiro atoms. The molecule has 104 valence electrons. The van der Waals surface area contributed by atoms with Gasteiger partial charge in [0.2, 0.25) is 11.8 Å². The molecule has 19 heavy (non-hydrogen) atoms. The molecule has 6 heteroatoms. The zero-order valence-electron chi connectivity index (χ0n) is 11.5. The van der Waals surface area contributed by atoms with Crippen molar-refractivity contribution in [2.75, 3.05) is 6.54 Å². The molecule has 1 aromatic rings. The van der Waals surface area contributed by atoms with Crippen molar-refractivity contribution in [3.63, 3.8) is 0 Å². The van der Waals surface area contributed by atoms with Crippen LogP contribution in [0.1, 0.15) is 38.8 Å². The van der Waals surface area contributed by atoms with Crippen LogP contribution in [0, 0.1) is 5.92 Å². The molecule has 1 aromatic heterocycles. The summed E-state index contributed by atoms with van der Waals surface area (Å²) in [6, 6.07) is 0.0473. The van der Waals surface area contributed by atoms with Gasteiger partial charge in [0.1, 0.15) is 0 Å². The summed E-state index contributed by atoms with van der Waals surface area (Å²) in [5, 5.41) is 9.50. The number of nitrogens with zero attached hydrogens (tertiary/aromatic N) is 2. The number of rotatable bonds is 4. The lowest BCUT2D eigenvalue weighted by Crippen LogP contribution is -2.36. The van der Waals surface area contributed by atoms with Crippen LogP contribution in [0.2, 0.25) is 0 Å². The number of hydrogen-bond acceptors (Lipinski definition) is 3. The second kappa shape index (κ2) is 5.42. The minimum atomic E-state index is -0.246. The van der Waals surface area contributed by atoms with Gasteiger partial charge >= 0.3 is 0 Å². The molecule has 6 nitrogen and oxygen atoms in total. The Morgan fingerprint density at radius 1 is 1.53 bits per heavy atom. The van der Waals surface area contributed by atoms with E-state index in [1.54, 1.807) is 17.3 Å². The van der Waals surface area contributed by atoms with Gasteiger partial charge in [-0.15, -0.1) is 0 Å². The number of likely N-dealkylation sites (tertiary alicyclic amines) is 1. The summed E-state index contributed by atoms with van der Waals surface area (Å²) in [6.45, 7) is 6.35. The maximum Gasteiger partial charge on any atom is 0.225 e. The topological polar surface area (TPSA) is 78.1 Å². The van der Waals surface area contributed by atoms with E-state index in [2.05, 4.69) is 15.5 Å². The average molecular weight is 264 g/mol. The number of carbonyl (C=O) groups is 2. The van der Waals surface area contributed by atoms with Crippen LogP contribution in [0.25, 0.3) is 0 Å². The smallest absolute Gasteiger partial charge is 0.225 e. The van der Waals surface area contributed by atoms with Crippen LogP contribution in [0.15, 0.2) is 12.4 Å². The molecule has 0 bridgehead atoms. The molecule has 0 aromatic carbocycles. The third-order valence-electron chi connectivity index (χ3n) is 3.53. The molecule has 1 saturated heterocycles. The first kappa shape index (κ1) is 13.6. The summed E-state index contributed by atoms with van der Waals surface area (Å²) >= 11 is 0. The lowest BCUT2D eigenvalue weighted by atomic mass is 10.1. The molecular formula is C13H20N4O2. The van der Waals surface area contributed by atoms with Crippen LogP contribution in [0.3, 0.4) is 0 Å². The van der Waals surface area contributed by atoms with Gasteiger partial charge in [0.15, 0.2) is 0 Å². The fourth-order valence-corrected chi connectivity index (χ4v) is 2.32. The number of H-pyrrole nitrogens is 1. The van der Waals surface area contributed by atoms with E-state index >= 15 is 0 Å². The first-order valence-electron chi connectivity index (χ1n) is 6.57. The largest absolute Gasteiger partial charge is 0.349 e. The number of nitrogens with one attached hydrogen (secondary N) is 2. The van der Waals surface area contributed by atoms with E-state index in [0.717, 1.165) is 5.56 Å². The summed E-state index contributed by atoms with van der Waals surface area (Å²) in [5.74, 6) is -0.249. The molecule has 0 aliphatic carbocycles. The highest BCUT2D eigenvalue weighted by Crippen LogP contribution is 2.21. The maximum atomic E-state index is 12.1. The maximum absolute atomic E-state index is 12.1. The first-order chi connectivity index (χ1) is 8.99. The normalized spacial score (nSPS) is 20.9. The van der Waals surface area contributed by atoms with Crippen LogP contribution in [-0.2, 0) is 9.59 Å². The SMILES string of the molecule is CC(NC(=O)C1CC(=O)N(C(C)C)C1)c1cn[nH]c1. The highest BCUT2D eigenvalue weighted by Gasteiger charge is 2.35. The highest BCUT2D eigenvalue weighted by atomic mass is 16.2. The van der Waals surface area contributed by atoms with Crippen molar-refractivity contribution in [2.45, 2.75) is 39.3 Å². The number of amides is 2. The zero-order chi connectivity index (χ0) is 14.0. The quantitative estimate of drug-likeness (QED) is 0.846. The molecule has 0 radical (unpaired) electrons. The van der Waals surface area contributed by atoms with Crippen molar-refractivity contribution in [1.29, 1.82) is 0 Å². The van der Waals surface area contributed by atoms with Crippen LogP contribution in [-0.4, -0.2) is 39.5 Å². The van der Waals surface area contributed by atoms with Gasteiger partial charge in [-0.3, -0.25) is 14.7 Å². The highest BCUT2D eigenvalue weighted by molar-refractivity contribution is 5.89. The monoisotopic (exact) mass is 264 g/mol. The zero-order valence-corrected chi connectivity index (χ0v) is 11.5. The predicted octanol–water partition coefficient (Wildman–Crippen LogP) is 0.844. The molecule has 2 unspecified atom stereocenters. The van der Waals surface area contributed by atoms with Gasteiger partial charge in [0.05, 0.1) is 18.2 Å². The average Bonchev–Trinajstić information content (AvgIpc) is 2.96. The summed E-state index contributed by atoms with van der Waals surface area (Å²) in [6.07, 6.45) is 3.75. The molecule has 2 atom stereocenters. The Morgan fingerprint density at radius 2 is 2.26 bits per heavy atom. The van der Waals surface area contributed by atoms with Crippen LogP contribution < -0.4 is 5.32 Å². The van der Waals surface area contributed by atoms with E-state index < -0.39 is 0 Å². The van der Waals surface area contributed by atoms with E-state index in [-0.39, 0.29) is 29.8 Å². The minimum absolute atomic E-state index is 0.0612. The molecule has 2 N–H and O–H groups in total. The van der Waals surface area contributed by atoms with Crippen LogP contribution >= 0.6 is 0 Å². The molecule has 2 rings (SSSR count). The second-order valence-corrected chi connectivity index (χ2v) is 5.30. The number of aromatic amines is 1. The van der Waals surface area contributed by atoms with Crippen molar-refractivity contribution < 1.29 is 9.59 Å². The Labute approximate surface area is 112 Å². The molecule has 2 heterocycles. The molecule has 0 saturated carbocycles. The number of aromatic nitrogens is 2. The van der Waals surface area contributed by atoms with E-state index in [0.29, 0.717) is 13.0 Å². The Hall–Kier alpha value is -1.85. The van der Waals surface area contributed by atoms with Crippen molar-refractivity contribution in [3.05, 3.63) is 18.0 Å².